The molecule has 5 nitrogen and oxygen atoms in total. The summed E-state index contributed by atoms with van der Waals surface area (Å²) in [4.78, 5) is 12.3. The third-order valence-electron chi connectivity index (χ3n) is 9.26. The predicted octanol–water partition coefficient (Wildman–Crippen LogP) is 3.25. The summed E-state index contributed by atoms with van der Waals surface area (Å²) < 4.78 is 15.5. The van der Waals surface area contributed by atoms with E-state index in [0.717, 1.165) is 31.3 Å². The molecule has 162 valence electrons. The molecule has 7 rings (SSSR count). The normalized spacial score (nSPS) is 42.3. The highest BCUT2D eigenvalue weighted by atomic mass is 16.5. The van der Waals surface area contributed by atoms with E-state index in [4.69, 9.17) is 9.47 Å². The lowest BCUT2D eigenvalue weighted by Crippen LogP contribution is -2.58. The van der Waals surface area contributed by atoms with Crippen molar-refractivity contribution in [1.29, 1.82) is 0 Å². The summed E-state index contributed by atoms with van der Waals surface area (Å²) in [5.41, 5.74) is 5.50. The lowest BCUT2D eigenvalue weighted by molar-refractivity contribution is -0.672. The number of pyridine rings is 1. The smallest absolute Gasteiger partial charge is 0.211 e. The van der Waals surface area contributed by atoms with Crippen LogP contribution in [0.4, 0.5) is 0 Å². The molecule has 8 atom stereocenters. The number of allylic oxidation sites excluding steroid dienone is 3. The SMILES string of the molecule is CNC=C1C2=C(C=O)OC3CCCC4c5c[n+](C)cc6c5C(C2C34)C2C(CCCC12)O6. The first-order valence-electron chi connectivity index (χ1n) is 12.1. The number of carbonyl (C=O) groups is 1. The molecule has 0 aromatic carbocycles. The molecule has 0 amide bonds. The molecule has 1 aromatic heterocycles. The molecule has 4 aliphatic carbocycles. The third-order valence-corrected chi connectivity index (χ3v) is 9.26. The Morgan fingerprint density at radius 1 is 1.00 bits per heavy atom. The minimum Gasteiger partial charge on any atom is -0.486 e. The van der Waals surface area contributed by atoms with Gasteiger partial charge in [-0.15, -0.1) is 0 Å². The monoisotopic (exact) mass is 419 g/mol. The quantitative estimate of drug-likeness (QED) is 0.591. The topological polar surface area (TPSA) is 51.4 Å². The van der Waals surface area contributed by atoms with Crippen LogP contribution in [0.2, 0.25) is 0 Å². The van der Waals surface area contributed by atoms with Gasteiger partial charge in [-0.2, -0.15) is 0 Å². The number of aldehydes is 1. The summed E-state index contributed by atoms with van der Waals surface area (Å²) in [6.07, 6.45) is 15.1. The van der Waals surface area contributed by atoms with E-state index >= 15 is 0 Å². The molecule has 3 fully saturated rings. The van der Waals surface area contributed by atoms with Crippen LogP contribution in [0.5, 0.6) is 5.75 Å². The first-order chi connectivity index (χ1) is 15.2. The van der Waals surface area contributed by atoms with E-state index in [2.05, 4.69) is 35.5 Å². The van der Waals surface area contributed by atoms with Gasteiger partial charge in [-0.25, -0.2) is 4.57 Å². The van der Waals surface area contributed by atoms with Gasteiger partial charge in [0.2, 0.25) is 6.20 Å². The number of nitrogens with zero attached hydrogens (tertiary/aromatic N) is 1. The molecule has 31 heavy (non-hydrogen) atoms. The van der Waals surface area contributed by atoms with E-state index in [0.29, 0.717) is 41.3 Å². The van der Waals surface area contributed by atoms with Crippen LogP contribution in [-0.4, -0.2) is 25.5 Å². The highest BCUT2D eigenvalue weighted by Crippen LogP contribution is 2.69. The summed E-state index contributed by atoms with van der Waals surface area (Å²) in [7, 11) is 4.10. The molecule has 3 saturated carbocycles. The van der Waals surface area contributed by atoms with Gasteiger partial charge in [0.1, 0.15) is 19.3 Å². The van der Waals surface area contributed by atoms with Crippen LogP contribution in [0.3, 0.4) is 0 Å². The molecule has 0 saturated heterocycles. The van der Waals surface area contributed by atoms with Gasteiger partial charge < -0.3 is 14.8 Å². The first kappa shape index (κ1) is 18.3. The van der Waals surface area contributed by atoms with Crippen LogP contribution in [-0.2, 0) is 16.6 Å². The maximum Gasteiger partial charge on any atom is 0.211 e. The van der Waals surface area contributed by atoms with Crippen molar-refractivity contribution in [1.82, 2.24) is 5.32 Å². The second-order valence-electron chi connectivity index (χ2n) is 10.5. The Balaban J connectivity index is 1.56. The molecular weight excluding hydrogens is 388 g/mol. The second kappa shape index (κ2) is 6.36. The van der Waals surface area contributed by atoms with Gasteiger partial charge in [0.25, 0.3) is 0 Å². The third kappa shape index (κ3) is 2.22. The lowest BCUT2D eigenvalue weighted by Gasteiger charge is -2.61. The predicted molar refractivity (Wildman–Crippen MR) is 114 cm³/mol. The molecule has 0 bridgehead atoms. The van der Waals surface area contributed by atoms with Crippen molar-refractivity contribution >= 4 is 6.29 Å². The molecule has 5 heteroatoms. The fraction of sp³-hybridized carbons (Fsp3) is 0.615. The summed E-state index contributed by atoms with van der Waals surface area (Å²) in [5.74, 6) is 4.40. The Hall–Kier alpha value is -2.30. The van der Waals surface area contributed by atoms with Crippen LogP contribution >= 0.6 is 0 Å². The number of carbonyl (C=O) groups excluding carboxylic acids is 1. The van der Waals surface area contributed by atoms with Crippen LogP contribution in [0.25, 0.3) is 0 Å². The van der Waals surface area contributed by atoms with Gasteiger partial charge in [0.05, 0.1) is 0 Å². The van der Waals surface area contributed by atoms with Crippen LogP contribution in [0, 0.1) is 23.7 Å². The van der Waals surface area contributed by atoms with Gasteiger partial charge in [-0.3, -0.25) is 4.79 Å². The summed E-state index contributed by atoms with van der Waals surface area (Å²) >= 11 is 0. The highest BCUT2D eigenvalue weighted by Gasteiger charge is 2.63. The van der Waals surface area contributed by atoms with Gasteiger partial charge in [-0.05, 0) is 55.9 Å². The van der Waals surface area contributed by atoms with Gasteiger partial charge in [-0.1, -0.05) is 0 Å². The molecule has 1 aromatic rings. The Morgan fingerprint density at radius 3 is 2.52 bits per heavy atom. The molecule has 0 spiro atoms. The van der Waals surface area contributed by atoms with Crippen molar-refractivity contribution in [3.63, 3.8) is 0 Å². The van der Waals surface area contributed by atoms with E-state index in [1.54, 1.807) is 0 Å². The fourth-order valence-electron chi connectivity index (χ4n) is 8.54. The standard InChI is InChI=1S/C26H30N2O3/c1-27-9-15-13-5-3-7-17-21(13)26-24-16(10-28(2)11-19(24)30-17)14-6-4-8-18-22(14)25(26)23(15)20(12-29)31-18/h9-14,17-18,21-22,25-26H,3-8H2,1-2H3/p+1. The van der Waals surface area contributed by atoms with Crippen molar-refractivity contribution in [2.24, 2.45) is 30.7 Å². The Labute approximate surface area is 183 Å². The van der Waals surface area contributed by atoms with Crippen LogP contribution in [0.15, 0.2) is 35.5 Å². The van der Waals surface area contributed by atoms with Crippen LogP contribution < -0.4 is 14.6 Å². The number of aryl methyl sites for hydroxylation is 1. The molecule has 1 N–H and O–H groups in total. The number of hydrogen-bond acceptors (Lipinski definition) is 4. The number of nitrogens with one attached hydrogen (secondary N) is 1. The first-order valence-corrected chi connectivity index (χ1v) is 12.1. The van der Waals surface area contributed by atoms with Gasteiger partial charge in [0.15, 0.2) is 24.0 Å². The maximum absolute atomic E-state index is 12.3. The summed E-state index contributed by atoms with van der Waals surface area (Å²) in [6.45, 7) is 0. The number of rotatable bonds is 2. The number of fused-ring (bicyclic) bond motifs is 1. The van der Waals surface area contributed by atoms with Crippen molar-refractivity contribution in [3.8, 4) is 5.75 Å². The van der Waals surface area contributed by atoms with E-state index in [1.807, 2.05) is 7.05 Å². The zero-order chi connectivity index (χ0) is 20.9. The fourth-order valence-corrected chi connectivity index (χ4v) is 8.54. The number of ether oxygens (including phenoxy) is 2. The molecule has 6 aliphatic rings. The zero-order valence-electron chi connectivity index (χ0n) is 18.3. The van der Waals surface area contributed by atoms with Crippen LogP contribution in [0.1, 0.15) is 61.5 Å². The van der Waals surface area contributed by atoms with E-state index in [-0.39, 0.29) is 12.2 Å². The average molecular weight is 420 g/mol. The number of hydrogen-bond donors (Lipinski definition) is 1. The maximum atomic E-state index is 12.3. The second-order valence-corrected chi connectivity index (χ2v) is 10.5. The summed E-state index contributed by atoms with van der Waals surface area (Å²) in [6, 6.07) is 0. The average Bonchev–Trinajstić information content (AvgIpc) is 2.78. The zero-order valence-corrected chi connectivity index (χ0v) is 18.3. The van der Waals surface area contributed by atoms with Crippen molar-refractivity contribution in [2.45, 2.75) is 62.6 Å². The Bertz CT molecular complexity index is 1040. The van der Waals surface area contributed by atoms with Crippen molar-refractivity contribution in [2.75, 3.05) is 7.05 Å². The van der Waals surface area contributed by atoms with E-state index in [9.17, 15) is 4.79 Å². The molecule has 2 aliphatic heterocycles. The minimum absolute atomic E-state index is 0.159. The summed E-state index contributed by atoms with van der Waals surface area (Å²) in [5, 5.41) is 3.31. The molecule has 3 heterocycles. The van der Waals surface area contributed by atoms with E-state index < -0.39 is 0 Å². The largest absolute Gasteiger partial charge is 0.486 e. The lowest BCUT2D eigenvalue weighted by atomic mass is 9.45. The minimum atomic E-state index is 0.159. The Morgan fingerprint density at radius 2 is 1.74 bits per heavy atom. The van der Waals surface area contributed by atoms with Gasteiger partial charge in [0, 0.05) is 53.6 Å². The molecule has 8 unspecified atom stereocenters. The van der Waals surface area contributed by atoms with Crippen molar-refractivity contribution in [3.05, 3.63) is 46.6 Å². The Kier molecular flexibility index (Phi) is 3.76. The molecule has 0 radical (unpaired) electrons. The highest BCUT2D eigenvalue weighted by molar-refractivity contribution is 5.75. The van der Waals surface area contributed by atoms with Gasteiger partial charge >= 0.3 is 0 Å². The molecular formula is C26H31N2O3+. The number of aromatic nitrogens is 1. The van der Waals surface area contributed by atoms with Crippen molar-refractivity contribution < 1.29 is 18.8 Å². The van der Waals surface area contributed by atoms with E-state index in [1.165, 1.54) is 41.5 Å².